The predicted octanol–water partition coefficient (Wildman–Crippen LogP) is 5.83. The molecule has 0 spiro atoms. The smallest absolute Gasteiger partial charge is 0.229 e. The van der Waals surface area contributed by atoms with Crippen LogP contribution in [0.1, 0.15) is 69.6 Å². The molecule has 1 aromatic carbocycles. The highest BCUT2D eigenvalue weighted by Crippen LogP contribution is 2.35. The summed E-state index contributed by atoms with van der Waals surface area (Å²) in [5.74, 6) is 1.08. The van der Waals surface area contributed by atoms with Gasteiger partial charge in [0.15, 0.2) is 9.84 Å². The first-order chi connectivity index (χ1) is 12.5. The van der Waals surface area contributed by atoms with Crippen LogP contribution in [0, 0.1) is 11.8 Å². The monoisotopic (exact) mass is 404 g/mol. The third kappa shape index (κ3) is 6.23. The van der Waals surface area contributed by atoms with Gasteiger partial charge in [0, 0.05) is 0 Å². The van der Waals surface area contributed by atoms with Crippen molar-refractivity contribution in [1.29, 1.82) is 0 Å². The molecule has 2 rings (SSSR count). The second-order valence-corrected chi connectivity index (χ2v) is 10.7. The van der Waals surface area contributed by atoms with Crippen LogP contribution < -0.4 is 0 Å². The molecule has 1 aliphatic rings. The Bertz CT molecular complexity index is 715. The molecule has 0 unspecified atom stereocenters. The molecule has 0 aliphatic heterocycles. The average molecular weight is 405 g/mol. The number of hydrogen-bond acceptors (Lipinski definition) is 2. The summed E-state index contributed by atoms with van der Waals surface area (Å²) >= 11 is 0. The Morgan fingerprint density at radius 1 is 1.07 bits per heavy atom. The molecule has 2 nitrogen and oxygen atoms in total. The van der Waals surface area contributed by atoms with E-state index in [1.165, 1.54) is 6.07 Å². The zero-order chi connectivity index (χ0) is 20.2. The first-order valence-electron chi connectivity index (χ1n) is 9.93. The SMILES string of the molecule is CCc1cc(CCC2CCC(CS(=O)(=O)C(C)C)CC2)ccc1C(F)(F)F. The topological polar surface area (TPSA) is 34.1 Å². The van der Waals surface area contributed by atoms with Crippen molar-refractivity contribution in [3.8, 4) is 0 Å². The quantitative estimate of drug-likeness (QED) is 0.573. The summed E-state index contributed by atoms with van der Waals surface area (Å²) in [6, 6.07) is 4.51. The van der Waals surface area contributed by atoms with Crippen molar-refractivity contribution in [3.05, 3.63) is 34.9 Å². The molecule has 1 aromatic rings. The molecule has 154 valence electrons. The molecule has 0 aromatic heterocycles. The van der Waals surface area contributed by atoms with E-state index in [1.54, 1.807) is 32.9 Å². The van der Waals surface area contributed by atoms with Gasteiger partial charge in [-0.25, -0.2) is 8.42 Å². The van der Waals surface area contributed by atoms with Crippen LogP contribution in [-0.2, 0) is 28.9 Å². The maximum atomic E-state index is 13.0. The van der Waals surface area contributed by atoms with Gasteiger partial charge in [-0.05, 0) is 75.0 Å². The largest absolute Gasteiger partial charge is 0.416 e. The van der Waals surface area contributed by atoms with E-state index in [0.29, 0.717) is 17.9 Å². The number of hydrogen-bond donors (Lipinski definition) is 0. The zero-order valence-electron chi connectivity index (χ0n) is 16.5. The van der Waals surface area contributed by atoms with Crippen molar-refractivity contribution in [2.45, 2.75) is 77.1 Å². The van der Waals surface area contributed by atoms with Crippen molar-refractivity contribution in [3.63, 3.8) is 0 Å². The number of benzene rings is 1. The lowest BCUT2D eigenvalue weighted by Gasteiger charge is -2.29. The number of aryl methyl sites for hydroxylation is 2. The summed E-state index contributed by atoms with van der Waals surface area (Å²) in [6.07, 6.45) is 1.71. The molecule has 6 heteroatoms. The Balaban J connectivity index is 1.87. The van der Waals surface area contributed by atoms with E-state index in [1.807, 2.05) is 0 Å². The van der Waals surface area contributed by atoms with Crippen LogP contribution in [0.5, 0.6) is 0 Å². The second kappa shape index (κ2) is 8.97. The minimum atomic E-state index is -4.29. The first-order valence-corrected chi connectivity index (χ1v) is 11.6. The van der Waals surface area contributed by atoms with E-state index in [9.17, 15) is 21.6 Å². The first kappa shape index (κ1) is 22.3. The maximum absolute atomic E-state index is 13.0. The highest BCUT2D eigenvalue weighted by molar-refractivity contribution is 7.91. The molecule has 0 N–H and O–H groups in total. The highest BCUT2D eigenvalue weighted by atomic mass is 32.2. The Hall–Kier alpha value is -1.04. The van der Waals surface area contributed by atoms with E-state index in [0.717, 1.165) is 44.1 Å². The molecule has 27 heavy (non-hydrogen) atoms. The molecule has 1 saturated carbocycles. The van der Waals surface area contributed by atoms with Crippen LogP contribution in [0.3, 0.4) is 0 Å². The average Bonchev–Trinajstić information content (AvgIpc) is 2.59. The third-order valence-corrected chi connectivity index (χ3v) is 8.22. The molecule has 1 fully saturated rings. The highest BCUT2D eigenvalue weighted by Gasteiger charge is 2.33. The van der Waals surface area contributed by atoms with Crippen LogP contribution in [0.25, 0.3) is 0 Å². The Morgan fingerprint density at radius 3 is 2.19 bits per heavy atom. The molecule has 0 radical (unpaired) electrons. The zero-order valence-corrected chi connectivity index (χ0v) is 17.3. The normalized spacial score (nSPS) is 21.6. The number of rotatable bonds is 7. The van der Waals surface area contributed by atoms with Crippen molar-refractivity contribution >= 4 is 9.84 Å². The minimum Gasteiger partial charge on any atom is -0.229 e. The van der Waals surface area contributed by atoms with Gasteiger partial charge in [-0.3, -0.25) is 0 Å². The third-order valence-electron chi connectivity index (χ3n) is 5.85. The van der Waals surface area contributed by atoms with Crippen LogP contribution >= 0.6 is 0 Å². The summed E-state index contributed by atoms with van der Waals surface area (Å²) in [5, 5.41) is -0.317. The Kier molecular flexibility index (Phi) is 7.40. The Morgan fingerprint density at radius 2 is 1.67 bits per heavy atom. The lowest BCUT2D eigenvalue weighted by atomic mass is 9.80. The van der Waals surface area contributed by atoms with Gasteiger partial charge in [0.1, 0.15) is 0 Å². The van der Waals surface area contributed by atoms with Crippen molar-refractivity contribution in [1.82, 2.24) is 0 Å². The van der Waals surface area contributed by atoms with Crippen LogP contribution in [0.2, 0.25) is 0 Å². The van der Waals surface area contributed by atoms with Gasteiger partial charge >= 0.3 is 6.18 Å². The standard InChI is InChI=1S/C21H31F3O2S/c1-4-19-13-17(11-12-20(19)21(22,23)24)8-5-16-6-9-18(10-7-16)14-27(25,26)15(2)3/h11-13,15-16,18H,4-10,14H2,1-3H3. The van der Waals surface area contributed by atoms with Crippen LogP contribution in [-0.4, -0.2) is 19.4 Å². The van der Waals surface area contributed by atoms with Gasteiger partial charge in [0.25, 0.3) is 0 Å². The van der Waals surface area contributed by atoms with Crippen molar-refractivity contribution in [2.24, 2.45) is 11.8 Å². The van der Waals surface area contributed by atoms with E-state index in [-0.39, 0.29) is 16.9 Å². The van der Waals surface area contributed by atoms with Crippen LogP contribution in [0.15, 0.2) is 18.2 Å². The van der Waals surface area contributed by atoms with Crippen molar-refractivity contribution in [2.75, 3.05) is 5.75 Å². The number of sulfone groups is 1. The predicted molar refractivity (Wildman–Crippen MR) is 104 cm³/mol. The molecular formula is C21H31F3O2S. The summed E-state index contributed by atoms with van der Waals surface area (Å²) in [4.78, 5) is 0. The van der Waals surface area contributed by atoms with E-state index < -0.39 is 21.6 Å². The molecule has 0 bridgehead atoms. The molecule has 1 aliphatic carbocycles. The number of halogens is 3. The van der Waals surface area contributed by atoms with Gasteiger partial charge in [0.2, 0.25) is 0 Å². The van der Waals surface area contributed by atoms with Gasteiger partial charge in [-0.1, -0.05) is 31.9 Å². The fraction of sp³-hybridized carbons (Fsp3) is 0.714. The van der Waals surface area contributed by atoms with E-state index in [4.69, 9.17) is 0 Å². The summed E-state index contributed by atoms with van der Waals surface area (Å²) < 4.78 is 63.2. The second-order valence-electron chi connectivity index (χ2n) is 8.15. The molecular weight excluding hydrogens is 373 g/mol. The van der Waals surface area contributed by atoms with Gasteiger partial charge in [-0.2, -0.15) is 13.2 Å². The fourth-order valence-corrected chi connectivity index (χ4v) is 5.33. The maximum Gasteiger partial charge on any atom is 0.416 e. The summed E-state index contributed by atoms with van der Waals surface area (Å²) in [7, 11) is -2.99. The van der Waals surface area contributed by atoms with E-state index in [2.05, 4.69) is 0 Å². The summed E-state index contributed by atoms with van der Waals surface area (Å²) in [6.45, 7) is 5.21. The molecule has 0 saturated heterocycles. The molecule has 0 heterocycles. The van der Waals surface area contributed by atoms with E-state index >= 15 is 0 Å². The Labute approximate surface area is 161 Å². The van der Waals surface area contributed by atoms with Crippen LogP contribution in [0.4, 0.5) is 13.2 Å². The lowest BCUT2D eigenvalue weighted by Crippen LogP contribution is -2.26. The molecule has 0 amide bonds. The fourth-order valence-electron chi connectivity index (χ4n) is 3.95. The van der Waals surface area contributed by atoms with Gasteiger partial charge in [-0.15, -0.1) is 0 Å². The summed E-state index contributed by atoms with van der Waals surface area (Å²) in [5.41, 5.74) is 0.799. The van der Waals surface area contributed by atoms with Gasteiger partial charge in [0.05, 0.1) is 16.6 Å². The lowest BCUT2D eigenvalue weighted by molar-refractivity contribution is -0.138. The number of alkyl halides is 3. The van der Waals surface area contributed by atoms with Crippen molar-refractivity contribution < 1.29 is 21.6 Å². The minimum absolute atomic E-state index is 0.256. The molecule has 0 atom stereocenters. The van der Waals surface area contributed by atoms with Gasteiger partial charge < -0.3 is 0 Å².